The summed E-state index contributed by atoms with van der Waals surface area (Å²) in [4.78, 5) is 13.1. The normalized spacial score (nSPS) is 12.3. The molecule has 0 bridgehead atoms. The Kier molecular flexibility index (Phi) is 5.18. The SMILES string of the molecule is CC(NCCc1cccs1)C(=O)NCc1ccco1. The summed E-state index contributed by atoms with van der Waals surface area (Å²) in [6.07, 6.45) is 2.55. The van der Waals surface area contributed by atoms with Gasteiger partial charge in [-0.15, -0.1) is 11.3 Å². The highest BCUT2D eigenvalue weighted by molar-refractivity contribution is 7.09. The second-order valence-electron chi connectivity index (χ2n) is 4.30. The molecule has 2 heterocycles. The number of nitrogens with one attached hydrogen (secondary N) is 2. The maximum Gasteiger partial charge on any atom is 0.237 e. The van der Waals surface area contributed by atoms with Crippen LogP contribution in [-0.2, 0) is 17.8 Å². The van der Waals surface area contributed by atoms with Crippen LogP contribution < -0.4 is 10.6 Å². The summed E-state index contributed by atoms with van der Waals surface area (Å²) in [6.45, 7) is 3.10. The molecule has 1 unspecified atom stereocenters. The van der Waals surface area contributed by atoms with Crippen molar-refractivity contribution in [2.24, 2.45) is 0 Å². The first kappa shape index (κ1) is 13.8. The first-order chi connectivity index (χ1) is 9.25. The van der Waals surface area contributed by atoms with E-state index in [9.17, 15) is 4.79 Å². The zero-order chi connectivity index (χ0) is 13.5. The molecule has 102 valence electrons. The fraction of sp³-hybridized carbons (Fsp3) is 0.357. The monoisotopic (exact) mass is 278 g/mol. The lowest BCUT2D eigenvalue weighted by atomic mass is 10.2. The smallest absolute Gasteiger partial charge is 0.237 e. The molecule has 0 spiro atoms. The summed E-state index contributed by atoms with van der Waals surface area (Å²) in [7, 11) is 0. The average molecular weight is 278 g/mol. The number of carbonyl (C=O) groups is 1. The molecular formula is C14H18N2O2S. The van der Waals surface area contributed by atoms with Gasteiger partial charge in [-0.1, -0.05) is 6.07 Å². The van der Waals surface area contributed by atoms with E-state index in [1.807, 2.05) is 25.1 Å². The average Bonchev–Trinajstić information content (AvgIpc) is 3.08. The van der Waals surface area contributed by atoms with Crippen LogP contribution in [0, 0.1) is 0 Å². The molecule has 2 N–H and O–H groups in total. The Hall–Kier alpha value is -1.59. The predicted molar refractivity (Wildman–Crippen MR) is 76.0 cm³/mol. The minimum atomic E-state index is -0.199. The van der Waals surface area contributed by atoms with Gasteiger partial charge in [-0.2, -0.15) is 0 Å². The van der Waals surface area contributed by atoms with E-state index in [0.29, 0.717) is 6.54 Å². The fourth-order valence-electron chi connectivity index (χ4n) is 1.70. The molecule has 19 heavy (non-hydrogen) atoms. The van der Waals surface area contributed by atoms with Gasteiger partial charge in [0.05, 0.1) is 18.8 Å². The van der Waals surface area contributed by atoms with Crippen molar-refractivity contribution in [3.63, 3.8) is 0 Å². The number of furan rings is 1. The van der Waals surface area contributed by atoms with Crippen LogP contribution in [0.2, 0.25) is 0 Å². The molecule has 5 heteroatoms. The summed E-state index contributed by atoms with van der Waals surface area (Å²) in [5.41, 5.74) is 0. The predicted octanol–water partition coefficient (Wildman–Crippen LogP) is 2.18. The molecule has 1 atom stereocenters. The Morgan fingerprint density at radius 3 is 3.00 bits per heavy atom. The Labute approximate surface area is 116 Å². The maximum absolute atomic E-state index is 11.8. The van der Waals surface area contributed by atoms with Gasteiger partial charge < -0.3 is 15.1 Å². The van der Waals surface area contributed by atoms with E-state index in [1.54, 1.807) is 17.6 Å². The van der Waals surface area contributed by atoms with Crippen molar-refractivity contribution >= 4 is 17.2 Å². The van der Waals surface area contributed by atoms with Crippen LogP contribution in [-0.4, -0.2) is 18.5 Å². The van der Waals surface area contributed by atoms with Crippen LogP contribution in [0.5, 0.6) is 0 Å². The number of amides is 1. The van der Waals surface area contributed by atoms with E-state index in [4.69, 9.17) is 4.42 Å². The van der Waals surface area contributed by atoms with E-state index < -0.39 is 0 Å². The number of rotatable bonds is 7. The fourth-order valence-corrected chi connectivity index (χ4v) is 2.41. The van der Waals surface area contributed by atoms with Crippen molar-refractivity contribution in [3.05, 3.63) is 46.5 Å². The molecular weight excluding hydrogens is 260 g/mol. The molecule has 0 saturated carbocycles. The molecule has 2 aromatic heterocycles. The number of carbonyl (C=O) groups excluding carboxylic acids is 1. The summed E-state index contributed by atoms with van der Waals surface area (Å²) in [5, 5.41) is 8.12. The topological polar surface area (TPSA) is 54.3 Å². The Balaban J connectivity index is 1.64. The van der Waals surface area contributed by atoms with Crippen LogP contribution in [0.15, 0.2) is 40.3 Å². The second kappa shape index (κ2) is 7.11. The van der Waals surface area contributed by atoms with E-state index in [0.717, 1.165) is 18.7 Å². The van der Waals surface area contributed by atoms with Crippen molar-refractivity contribution in [2.45, 2.75) is 25.9 Å². The van der Waals surface area contributed by atoms with E-state index >= 15 is 0 Å². The van der Waals surface area contributed by atoms with Gasteiger partial charge in [0.15, 0.2) is 0 Å². The zero-order valence-electron chi connectivity index (χ0n) is 10.9. The summed E-state index contributed by atoms with van der Waals surface area (Å²) < 4.78 is 5.16. The Morgan fingerprint density at radius 2 is 2.32 bits per heavy atom. The van der Waals surface area contributed by atoms with Crippen LogP contribution in [0.25, 0.3) is 0 Å². The van der Waals surface area contributed by atoms with Gasteiger partial charge >= 0.3 is 0 Å². The molecule has 0 aliphatic rings. The van der Waals surface area contributed by atoms with Gasteiger partial charge in [0.1, 0.15) is 5.76 Å². The van der Waals surface area contributed by atoms with Gasteiger partial charge in [-0.25, -0.2) is 0 Å². The van der Waals surface area contributed by atoms with Crippen LogP contribution in [0.1, 0.15) is 17.6 Å². The van der Waals surface area contributed by atoms with Gasteiger partial charge in [0.25, 0.3) is 0 Å². The van der Waals surface area contributed by atoms with E-state index in [-0.39, 0.29) is 11.9 Å². The Bertz CT molecular complexity index is 480. The first-order valence-corrected chi connectivity index (χ1v) is 7.19. The molecule has 0 aliphatic heterocycles. The molecule has 2 aromatic rings. The summed E-state index contributed by atoms with van der Waals surface area (Å²) >= 11 is 1.74. The van der Waals surface area contributed by atoms with E-state index in [2.05, 4.69) is 22.1 Å². The first-order valence-electron chi connectivity index (χ1n) is 6.31. The molecule has 0 aromatic carbocycles. The lowest BCUT2D eigenvalue weighted by Crippen LogP contribution is -2.42. The van der Waals surface area contributed by atoms with Crippen LogP contribution in [0.4, 0.5) is 0 Å². The van der Waals surface area contributed by atoms with Crippen LogP contribution in [0.3, 0.4) is 0 Å². The number of hydrogen-bond acceptors (Lipinski definition) is 4. The van der Waals surface area contributed by atoms with Crippen molar-refractivity contribution < 1.29 is 9.21 Å². The summed E-state index contributed by atoms with van der Waals surface area (Å²) in [6, 6.07) is 7.60. The third-order valence-electron chi connectivity index (χ3n) is 2.81. The third-order valence-corrected chi connectivity index (χ3v) is 3.75. The number of thiophene rings is 1. The third kappa shape index (κ3) is 4.54. The van der Waals surface area contributed by atoms with E-state index in [1.165, 1.54) is 4.88 Å². The lowest BCUT2D eigenvalue weighted by Gasteiger charge is -2.13. The summed E-state index contributed by atoms with van der Waals surface area (Å²) in [5.74, 6) is 0.752. The molecule has 0 fully saturated rings. The van der Waals surface area contributed by atoms with Crippen molar-refractivity contribution in [1.29, 1.82) is 0 Å². The largest absolute Gasteiger partial charge is 0.467 e. The Morgan fingerprint density at radius 1 is 1.42 bits per heavy atom. The highest BCUT2D eigenvalue weighted by Gasteiger charge is 2.11. The molecule has 2 rings (SSSR count). The molecule has 4 nitrogen and oxygen atoms in total. The quantitative estimate of drug-likeness (QED) is 0.816. The van der Waals surface area contributed by atoms with Gasteiger partial charge in [-0.05, 0) is 36.9 Å². The molecule has 0 aliphatic carbocycles. The van der Waals surface area contributed by atoms with Crippen molar-refractivity contribution in [2.75, 3.05) is 6.54 Å². The highest BCUT2D eigenvalue weighted by atomic mass is 32.1. The zero-order valence-corrected chi connectivity index (χ0v) is 11.7. The highest BCUT2D eigenvalue weighted by Crippen LogP contribution is 2.08. The maximum atomic E-state index is 11.8. The standard InChI is InChI=1S/C14H18N2O2S/c1-11(15-7-6-13-5-3-9-19-13)14(17)16-10-12-4-2-8-18-12/h2-5,8-9,11,15H,6-7,10H2,1H3,(H,16,17). The lowest BCUT2D eigenvalue weighted by molar-refractivity contribution is -0.123. The molecule has 1 amide bonds. The minimum Gasteiger partial charge on any atom is -0.467 e. The van der Waals surface area contributed by atoms with Crippen molar-refractivity contribution in [3.8, 4) is 0 Å². The van der Waals surface area contributed by atoms with Gasteiger partial charge in [0, 0.05) is 11.4 Å². The van der Waals surface area contributed by atoms with Crippen molar-refractivity contribution in [1.82, 2.24) is 10.6 Å². The molecule has 0 saturated heterocycles. The van der Waals surface area contributed by atoms with Gasteiger partial charge in [0.2, 0.25) is 5.91 Å². The molecule has 0 radical (unpaired) electrons. The van der Waals surface area contributed by atoms with Crippen LogP contribution >= 0.6 is 11.3 Å². The minimum absolute atomic E-state index is 0.0115. The second-order valence-corrected chi connectivity index (χ2v) is 5.33. The van der Waals surface area contributed by atoms with Gasteiger partial charge in [-0.3, -0.25) is 4.79 Å². The number of hydrogen-bond donors (Lipinski definition) is 2.